The van der Waals surface area contributed by atoms with Crippen molar-refractivity contribution in [2.75, 3.05) is 12.0 Å². The molecule has 0 atom stereocenters. The van der Waals surface area contributed by atoms with Crippen molar-refractivity contribution >= 4 is 38.0 Å². The fraction of sp³-hybridized carbons (Fsp3) is 0.444. The average Bonchev–Trinajstić information content (AvgIpc) is 2.81. The first kappa shape index (κ1) is 17.3. The molecule has 0 aliphatic heterocycles. The van der Waals surface area contributed by atoms with Crippen LogP contribution in [-0.2, 0) is 14.8 Å². The highest BCUT2D eigenvalue weighted by Gasteiger charge is 2.30. The van der Waals surface area contributed by atoms with Crippen LogP contribution in [0.25, 0.3) is 0 Å². The minimum atomic E-state index is -4.01. The molecule has 118 valence electrons. The molecule has 10 nitrogen and oxygen atoms in total. The first-order chi connectivity index (χ1) is 9.51. The number of hydrogen-bond donors (Lipinski definition) is 4. The van der Waals surface area contributed by atoms with Gasteiger partial charge in [0.1, 0.15) is 4.21 Å². The van der Waals surface area contributed by atoms with Crippen molar-refractivity contribution < 1.29 is 18.1 Å². The molecule has 1 rings (SSSR count). The standard InChI is InChI=1S/C9H15N5O5S2/c1-9(2,8(10)15)4-12-21(18,19)6-3-5(14(16)17)7(13-11)20-6/h3,12-13H,4,11H2,1-2H3,(H2,10,15). The van der Waals surface area contributed by atoms with E-state index < -0.39 is 32.0 Å². The van der Waals surface area contributed by atoms with Gasteiger partial charge in [-0.3, -0.25) is 14.9 Å². The van der Waals surface area contributed by atoms with Gasteiger partial charge in [0.15, 0.2) is 5.00 Å². The summed E-state index contributed by atoms with van der Waals surface area (Å²) in [5, 5.41) is 10.7. The zero-order chi connectivity index (χ0) is 16.4. The Morgan fingerprint density at radius 1 is 1.52 bits per heavy atom. The van der Waals surface area contributed by atoms with Crippen molar-refractivity contribution in [3.63, 3.8) is 0 Å². The maximum atomic E-state index is 12.1. The number of thiophene rings is 1. The van der Waals surface area contributed by atoms with E-state index in [0.29, 0.717) is 11.3 Å². The lowest BCUT2D eigenvalue weighted by Gasteiger charge is -2.20. The number of nitrogens with two attached hydrogens (primary N) is 2. The van der Waals surface area contributed by atoms with Gasteiger partial charge in [0.25, 0.3) is 0 Å². The number of sulfonamides is 1. The third kappa shape index (κ3) is 3.87. The van der Waals surface area contributed by atoms with Gasteiger partial charge in [0, 0.05) is 12.6 Å². The molecular formula is C9H15N5O5S2. The molecule has 0 radical (unpaired) electrons. The highest BCUT2D eigenvalue weighted by molar-refractivity contribution is 7.91. The van der Waals surface area contributed by atoms with Crippen LogP contribution in [0.1, 0.15) is 13.8 Å². The molecule has 0 saturated heterocycles. The Balaban J connectivity index is 3.04. The van der Waals surface area contributed by atoms with Crippen molar-refractivity contribution in [3.8, 4) is 0 Å². The Morgan fingerprint density at radius 3 is 2.48 bits per heavy atom. The lowest BCUT2D eigenvalue weighted by Crippen LogP contribution is -2.42. The number of nitrogens with one attached hydrogen (secondary N) is 2. The number of hydrazine groups is 1. The van der Waals surface area contributed by atoms with Crippen LogP contribution in [0.4, 0.5) is 10.7 Å². The third-order valence-electron chi connectivity index (χ3n) is 2.65. The molecule has 1 amide bonds. The molecule has 0 spiro atoms. The first-order valence-corrected chi connectivity index (χ1v) is 7.85. The van der Waals surface area contributed by atoms with Crippen LogP contribution in [0.15, 0.2) is 10.3 Å². The van der Waals surface area contributed by atoms with Crippen LogP contribution in [0.5, 0.6) is 0 Å². The second-order valence-electron chi connectivity index (χ2n) is 4.75. The zero-order valence-corrected chi connectivity index (χ0v) is 12.9. The highest BCUT2D eigenvalue weighted by atomic mass is 32.2. The van der Waals surface area contributed by atoms with Gasteiger partial charge in [0.2, 0.25) is 15.9 Å². The zero-order valence-electron chi connectivity index (χ0n) is 11.2. The minimum absolute atomic E-state index is 0.0884. The van der Waals surface area contributed by atoms with Gasteiger partial charge in [-0.1, -0.05) is 11.3 Å². The van der Waals surface area contributed by atoms with Crippen molar-refractivity contribution in [3.05, 3.63) is 16.2 Å². The summed E-state index contributed by atoms with van der Waals surface area (Å²) >= 11 is 0.609. The number of nitrogen functional groups attached to an aromatic ring is 1. The normalized spacial score (nSPS) is 12.1. The maximum Gasteiger partial charge on any atom is 0.306 e. The molecule has 0 bridgehead atoms. The number of nitro groups is 1. The van der Waals surface area contributed by atoms with Gasteiger partial charge in [-0.15, -0.1) is 0 Å². The lowest BCUT2D eigenvalue weighted by molar-refractivity contribution is -0.383. The summed E-state index contributed by atoms with van der Waals surface area (Å²) in [6, 6.07) is 0.888. The number of carbonyl (C=O) groups excluding carboxylic acids is 1. The van der Waals surface area contributed by atoms with Crippen molar-refractivity contribution in [1.29, 1.82) is 0 Å². The van der Waals surface area contributed by atoms with E-state index >= 15 is 0 Å². The largest absolute Gasteiger partial charge is 0.369 e. The molecule has 0 aliphatic rings. The Kier molecular flexibility index (Phi) is 4.88. The summed E-state index contributed by atoms with van der Waals surface area (Å²) in [7, 11) is -4.01. The number of amides is 1. The highest BCUT2D eigenvalue weighted by Crippen LogP contribution is 2.36. The van der Waals surface area contributed by atoms with Gasteiger partial charge in [-0.2, -0.15) is 0 Å². The van der Waals surface area contributed by atoms with Crippen LogP contribution in [-0.4, -0.2) is 25.8 Å². The van der Waals surface area contributed by atoms with E-state index in [2.05, 4.69) is 10.1 Å². The molecule has 0 aliphatic carbocycles. The van der Waals surface area contributed by atoms with E-state index in [1.807, 2.05) is 0 Å². The number of nitrogens with zero attached hydrogens (tertiary/aromatic N) is 1. The molecule has 21 heavy (non-hydrogen) atoms. The fourth-order valence-corrected chi connectivity index (χ4v) is 3.66. The van der Waals surface area contributed by atoms with Crippen LogP contribution in [0, 0.1) is 15.5 Å². The SMILES string of the molecule is CC(C)(CNS(=O)(=O)c1cc([N+](=O)[O-])c(NN)s1)C(N)=O. The molecule has 6 N–H and O–H groups in total. The first-order valence-electron chi connectivity index (χ1n) is 5.55. The van der Waals surface area contributed by atoms with Crippen LogP contribution < -0.4 is 21.7 Å². The topological polar surface area (TPSA) is 170 Å². The molecule has 0 fully saturated rings. The van der Waals surface area contributed by atoms with Crippen molar-refractivity contribution in [1.82, 2.24) is 4.72 Å². The van der Waals surface area contributed by atoms with Gasteiger partial charge in [-0.25, -0.2) is 19.0 Å². The molecule has 1 heterocycles. The average molecular weight is 337 g/mol. The number of hydrogen-bond acceptors (Lipinski definition) is 8. The van der Waals surface area contributed by atoms with E-state index in [0.717, 1.165) is 6.07 Å². The third-order valence-corrected chi connectivity index (χ3v) is 5.58. The summed E-state index contributed by atoms with van der Waals surface area (Å²) in [4.78, 5) is 21.2. The summed E-state index contributed by atoms with van der Waals surface area (Å²) in [6.07, 6.45) is 0. The summed E-state index contributed by atoms with van der Waals surface area (Å²) in [5.74, 6) is 4.43. The van der Waals surface area contributed by atoms with Crippen LogP contribution in [0.3, 0.4) is 0 Å². The molecule has 0 saturated carbocycles. The predicted octanol–water partition coefficient (Wildman–Crippen LogP) is -0.268. The Labute approximate surface area is 124 Å². The monoisotopic (exact) mass is 337 g/mol. The fourth-order valence-electron chi connectivity index (χ4n) is 1.16. The second kappa shape index (κ2) is 5.93. The summed E-state index contributed by atoms with van der Waals surface area (Å²) < 4.78 is 26.0. The van der Waals surface area contributed by atoms with Crippen molar-refractivity contribution in [2.24, 2.45) is 17.0 Å². The second-order valence-corrected chi connectivity index (χ2v) is 7.80. The minimum Gasteiger partial charge on any atom is -0.369 e. The molecular weight excluding hydrogens is 322 g/mol. The van der Waals surface area contributed by atoms with Gasteiger partial charge in [-0.05, 0) is 13.8 Å². The number of carbonyl (C=O) groups is 1. The maximum absolute atomic E-state index is 12.1. The van der Waals surface area contributed by atoms with E-state index in [1.165, 1.54) is 13.8 Å². The molecule has 1 aromatic rings. The lowest BCUT2D eigenvalue weighted by atomic mass is 9.93. The van der Waals surface area contributed by atoms with E-state index in [-0.39, 0.29) is 15.8 Å². The Morgan fingerprint density at radius 2 is 2.10 bits per heavy atom. The van der Waals surface area contributed by atoms with Gasteiger partial charge in [0.05, 0.1) is 10.3 Å². The van der Waals surface area contributed by atoms with E-state index in [9.17, 15) is 23.3 Å². The van der Waals surface area contributed by atoms with Crippen molar-refractivity contribution in [2.45, 2.75) is 18.1 Å². The number of rotatable bonds is 7. The predicted molar refractivity (Wildman–Crippen MR) is 76.9 cm³/mol. The summed E-state index contributed by atoms with van der Waals surface area (Å²) in [5.41, 5.74) is 5.67. The number of primary amides is 1. The Bertz CT molecular complexity index is 666. The number of anilines is 1. The smallest absolute Gasteiger partial charge is 0.306 e. The summed E-state index contributed by atoms with van der Waals surface area (Å²) in [6.45, 7) is 2.71. The van der Waals surface area contributed by atoms with Crippen LogP contribution in [0.2, 0.25) is 0 Å². The quantitative estimate of drug-likeness (QED) is 0.301. The molecule has 12 heteroatoms. The molecule has 0 aromatic carbocycles. The van der Waals surface area contributed by atoms with E-state index in [1.54, 1.807) is 0 Å². The Hall–Kier alpha value is -1.76. The van der Waals surface area contributed by atoms with E-state index in [4.69, 9.17) is 11.6 Å². The molecule has 0 unspecified atom stereocenters. The van der Waals surface area contributed by atoms with Gasteiger partial charge < -0.3 is 11.2 Å². The van der Waals surface area contributed by atoms with Crippen LogP contribution >= 0.6 is 11.3 Å². The molecule has 1 aromatic heterocycles. The van der Waals surface area contributed by atoms with Gasteiger partial charge >= 0.3 is 5.69 Å².